The fourth-order valence-corrected chi connectivity index (χ4v) is 4.78. The molecule has 4 rings (SSSR count). The number of fused-ring (bicyclic) bond motifs is 4. The van der Waals surface area contributed by atoms with Gasteiger partial charge in [-0.3, -0.25) is 9.59 Å². The van der Waals surface area contributed by atoms with E-state index in [2.05, 4.69) is 0 Å². The van der Waals surface area contributed by atoms with Crippen LogP contribution in [0.3, 0.4) is 0 Å². The Morgan fingerprint density at radius 2 is 1.69 bits per heavy atom. The Bertz CT molecular complexity index is 1360. The van der Waals surface area contributed by atoms with E-state index >= 15 is 0 Å². The average molecular weight is 481 g/mol. The molecule has 2 heterocycles. The molecule has 1 aromatic carbocycles. The molecule has 3 N–H and O–H groups in total. The van der Waals surface area contributed by atoms with E-state index in [0.717, 1.165) is 11.1 Å². The lowest BCUT2D eigenvalue weighted by Crippen LogP contribution is -2.47. The third-order valence-corrected chi connectivity index (χ3v) is 6.94. The third-order valence-electron chi connectivity index (χ3n) is 6.94. The highest BCUT2D eigenvalue weighted by Crippen LogP contribution is 2.46. The van der Waals surface area contributed by atoms with Crippen LogP contribution in [0, 0.1) is 0 Å². The lowest BCUT2D eigenvalue weighted by molar-refractivity contribution is -0.123. The van der Waals surface area contributed by atoms with Crippen molar-refractivity contribution >= 4 is 22.8 Å². The second kappa shape index (κ2) is 8.41. The van der Waals surface area contributed by atoms with Gasteiger partial charge in [-0.15, -0.1) is 0 Å². The molecule has 186 valence electrons. The summed E-state index contributed by atoms with van der Waals surface area (Å²) in [6.45, 7) is 11.0. The molecule has 0 saturated heterocycles. The fraction of sp³-hybridized carbons (Fsp3) is 0.429. The standard InChI is InChI=1S/C28H32O7/c1-14(2)7-9-28(10-8-15(3)4)23-20(13-18(30)26(28)33)34-19-12-17(29)16-11-21(31)27(5,6)35-25(16)22(19)24(23)32/h7-8,12-13,21,29-31H,9-11H2,1-6H3/t21-/m1/s1. The van der Waals surface area contributed by atoms with Gasteiger partial charge in [0.2, 0.25) is 11.2 Å². The minimum Gasteiger partial charge on any atom is -0.507 e. The number of phenols is 1. The van der Waals surface area contributed by atoms with Gasteiger partial charge in [0.25, 0.3) is 0 Å². The Kier molecular flexibility index (Phi) is 5.96. The summed E-state index contributed by atoms with van der Waals surface area (Å²) < 4.78 is 12.1. The predicted molar refractivity (Wildman–Crippen MR) is 134 cm³/mol. The molecule has 7 nitrogen and oxygen atoms in total. The van der Waals surface area contributed by atoms with Crippen molar-refractivity contribution in [2.24, 2.45) is 0 Å². The molecule has 0 spiro atoms. The van der Waals surface area contributed by atoms with Crippen LogP contribution in [0.2, 0.25) is 0 Å². The summed E-state index contributed by atoms with van der Waals surface area (Å²) in [4.78, 5) is 27.8. The summed E-state index contributed by atoms with van der Waals surface area (Å²) in [5.41, 5.74) is -0.343. The maximum atomic E-state index is 14.2. The number of aliphatic hydroxyl groups excluding tert-OH is 2. The van der Waals surface area contributed by atoms with Crippen molar-refractivity contribution in [2.45, 2.75) is 77.9 Å². The van der Waals surface area contributed by atoms with Crippen LogP contribution in [0.5, 0.6) is 11.5 Å². The molecule has 1 atom stereocenters. The molecule has 0 saturated carbocycles. The summed E-state index contributed by atoms with van der Waals surface area (Å²) in [6, 6.07) is 1.32. The van der Waals surface area contributed by atoms with E-state index in [1.807, 2.05) is 39.8 Å². The Morgan fingerprint density at radius 1 is 1.09 bits per heavy atom. The van der Waals surface area contributed by atoms with Crippen LogP contribution in [0.4, 0.5) is 0 Å². The summed E-state index contributed by atoms with van der Waals surface area (Å²) >= 11 is 0. The topological polar surface area (TPSA) is 117 Å². The number of aliphatic hydroxyl groups is 2. The fourth-order valence-electron chi connectivity index (χ4n) is 4.78. The number of allylic oxidation sites excluding steroid dienone is 5. The van der Waals surface area contributed by atoms with Crippen molar-refractivity contribution in [2.75, 3.05) is 0 Å². The molecule has 1 aliphatic heterocycles. The van der Waals surface area contributed by atoms with Gasteiger partial charge in [0.05, 0.1) is 17.1 Å². The normalized spacial score (nSPS) is 19.8. The number of hydrogen-bond donors (Lipinski definition) is 3. The van der Waals surface area contributed by atoms with Crippen molar-refractivity contribution in [1.29, 1.82) is 0 Å². The van der Waals surface area contributed by atoms with Gasteiger partial charge in [-0.25, -0.2) is 0 Å². The van der Waals surface area contributed by atoms with Crippen LogP contribution in [0.1, 0.15) is 71.3 Å². The van der Waals surface area contributed by atoms with E-state index in [-0.39, 0.29) is 53.1 Å². The number of aromatic hydroxyl groups is 1. The summed E-state index contributed by atoms with van der Waals surface area (Å²) in [7, 11) is 0. The molecule has 35 heavy (non-hydrogen) atoms. The number of carbonyl (C=O) groups excluding carboxylic acids is 1. The van der Waals surface area contributed by atoms with Crippen LogP contribution in [-0.4, -0.2) is 32.8 Å². The van der Waals surface area contributed by atoms with Crippen molar-refractivity contribution in [3.63, 3.8) is 0 Å². The minimum absolute atomic E-state index is 0.0777. The van der Waals surface area contributed by atoms with Gasteiger partial charge in [-0.2, -0.15) is 0 Å². The molecule has 0 bridgehead atoms. The molecular weight excluding hydrogens is 448 g/mol. The zero-order chi connectivity index (χ0) is 25.9. The molecule has 7 heteroatoms. The minimum atomic E-state index is -1.37. The Hall–Kier alpha value is -3.32. The molecule has 0 amide bonds. The van der Waals surface area contributed by atoms with E-state index in [4.69, 9.17) is 9.15 Å². The van der Waals surface area contributed by atoms with Crippen LogP contribution >= 0.6 is 0 Å². The Balaban J connectivity index is 2.13. The largest absolute Gasteiger partial charge is 0.507 e. The van der Waals surface area contributed by atoms with Crippen LogP contribution in [-0.2, 0) is 16.6 Å². The van der Waals surface area contributed by atoms with Crippen LogP contribution in [0.15, 0.2) is 44.3 Å². The number of ketones is 1. The van der Waals surface area contributed by atoms with E-state index in [0.29, 0.717) is 5.56 Å². The smallest absolute Gasteiger partial charge is 0.208 e. The number of rotatable bonds is 4. The average Bonchev–Trinajstić information content (AvgIpc) is 2.74. The molecule has 0 radical (unpaired) electrons. The first-order valence-corrected chi connectivity index (χ1v) is 11.7. The number of hydrogen-bond acceptors (Lipinski definition) is 7. The van der Waals surface area contributed by atoms with Gasteiger partial charge >= 0.3 is 0 Å². The summed E-state index contributed by atoms with van der Waals surface area (Å²) in [5, 5.41) is 31.9. The first-order chi connectivity index (χ1) is 16.3. The summed E-state index contributed by atoms with van der Waals surface area (Å²) in [5.74, 6) is -0.955. The molecule has 1 aromatic heterocycles. The predicted octanol–water partition coefficient (Wildman–Crippen LogP) is 5.01. The van der Waals surface area contributed by atoms with Crippen LogP contribution < -0.4 is 10.2 Å². The van der Waals surface area contributed by atoms with Crippen molar-refractivity contribution in [1.82, 2.24) is 0 Å². The molecule has 2 aliphatic rings. The highest BCUT2D eigenvalue weighted by atomic mass is 16.5. The number of ether oxygens (including phenoxy) is 1. The molecule has 0 fully saturated rings. The molecule has 1 aliphatic carbocycles. The number of carbonyl (C=O) groups is 1. The summed E-state index contributed by atoms with van der Waals surface area (Å²) in [6.07, 6.45) is 4.54. The quantitative estimate of drug-likeness (QED) is 0.527. The van der Waals surface area contributed by atoms with Gasteiger partial charge in [-0.1, -0.05) is 23.3 Å². The SMILES string of the molecule is CC(C)=CCC1(CC=C(C)C)C(=O)C(O)=Cc2oc3cc(O)c4c(c3c(=O)c21)OC(C)(C)[C@H](O)C4. The third kappa shape index (κ3) is 3.97. The van der Waals surface area contributed by atoms with Gasteiger partial charge < -0.3 is 24.5 Å². The maximum Gasteiger partial charge on any atom is 0.208 e. The van der Waals surface area contributed by atoms with Gasteiger partial charge in [0, 0.05) is 24.1 Å². The number of benzene rings is 1. The van der Waals surface area contributed by atoms with Crippen molar-refractivity contribution in [3.8, 4) is 11.5 Å². The highest BCUT2D eigenvalue weighted by Gasteiger charge is 2.48. The highest BCUT2D eigenvalue weighted by molar-refractivity contribution is 6.08. The first kappa shape index (κ1) is 24.8. The van der Waals surface area contributed by atoms with Gasteiger partial charge in [0.15, 0.2) is 5.76 Å². The second-order valence-corrected chi connectivity index (χ2v) is 10.6. The van der Waals surface area contributed by atoms with E-state index in [1.165, 1.54) is 12.1 Å². The lowest BCUT2D eigenvalue weighted by atomic mass is 9.67. The number of phenolic OH excluding ortho intramolecular Hbond substituents is 1. The molecule has 0 unspecified atom stereocenters. The van der Waals surface area contributed by atoms with Gasteiger partial charge in [0.1, 0.15) is 33.8 Å². The van der Waals surface area contributed by atoms with Gasteiger partial charge in [-0.05, 0) is 54.4 Å². The Morgan fingerprint density at radius 3 is 2.26 bits per heavy atom. The molecular formula is C28H32O7. The lowest BCUT2D eigenvalue weighted by Gasteiger charge is -2.38. The Labute approximate surface area is 204 Å². The van der Waals surface area contributed by atoms with Crippen molar-refractivity contribution < 1.29 is 29.3 Å². The zero-order valence-corrected chi connectivity index (χ0v) is 21.0. The zero-order valence-electron chi connectivity index (χ0n) is 21.0. The first-order valence-electron chi connectivity index (χ1n) is 11.7. The van der Waals surface area contributed by atoms with Crippen LogP contribution in [0.25, 0.3) is 17.0 Å². The van der Waals surface area contributed by atoms with E-state index in [1.54, 1.807) is 13.8 Å². The number of Topliss-reactive ketones (excluding diaryl/α,β-unsaturated/α-hetero) is 1. The van der Waals surface area contributed by atoms with Crippen molar-refractivity contribution in [3.05, 3.63) is 62.2 Å². The maximum absolute atomic E-state index is 14.2. The van der Waals surface area contributed by atoms with E-state index < -0.39 is 34.1 Å². The molecule has 2 aromatic rings. The second-order valence-electron chi connectivity index (χ2n) is 10.6. The monoisotopic (exact) mass is 480 g/mol. The van der Waals surface area contributed by atoms with E-state index in [9.17, 15) is 24.9 Å².